The average molecular weight is 331 g/mol. The minimum atomic E-state index is -0.0967. The summed E-state index contributed by atoms with van der Waals surface area (Å²) < 4.78 is 0. The van der Waals surface area contributed by atoms with Crippen molar-refractivity contribution >= 4 is 46.2 Å². The lowest BCUT2D eigenvalue weighted by Crippen LogP contribution is -2.23. The lowest BCUT2D eigenvalue weighted by atomic mass is 10.2. The predicted octanol–water partition coefficient (Wildman–Crippen LogP) is 3.36. The molecule has 110 valence electrons. The molecular weight excluding hydrogens is 320 g/mol. The standard InChI is InChI=1S/C15H11ClN4OS/c1-20-14(21)12(9-10-4-7-17-8-5-10)22-15(20)19-11-3-2-6-18-13(11)16/h2-9H,1H3/b12-9-,19-15?. The van der Waals surface area contributed by atoms with Crippen LogP contribution in [0.2, 0.25) is 5.15 Å². The molecular formula is C15H11ClN4OS. The van der Waals surface area contributed by atoms with Gasteiger partial charge in [0.2, 0.25) is 0 Å². The number of aliphatic imine (C=N–C) groups is 1. The van der Waals surface area contributed by atoms with E-state index in [0.717, 1.165) is 5.56 Å². The summed E-state index contributed by atoms with van der Waals surface area (Å²) >= 11 is 7.31. The SMILES string of the molecule is CN1C(=O)/C(=C/c2ccncc2)SC1=Nc1cccnc1Cl. The molecule has 0 atom stereocenters. The third-order valence-electron chi connectivity index (χ3n) is 2.96. The zero-order valence-corrected chi connectivity index (χ0v) is 13.2. The fraction of sp³-hybridized carbons (Fsp3) is 0.0667. The van der Waals surface area contributed by atoms with Crippen molar-refractivity contribution in [3.8, 4) is 0 Å². The molecule has 0 aromatic carbocycles. The van der Waals surface area contributed by atoms with Crippen LogP contribution in [0.1, 0.15) is 5.56 Å². The van der Waals surface area contributed by atoms with Gasteiger partial charge in [-0.1, -0.05) is 11.6 Å². The third kappa shape index (κ3) is 3.03. The molecule has 0 saturated carbocycles. The van der Waals surface area contributed by atoms with Gasteiger partial charge in [-0.2, -0.15) is 0 Å². The van der Waals surface area contributed by atoms with Crippen LogP contribution in [0.25, 0.3) is 6.08 Å². The van der Waals surface area contributed by atoms with Gasteiger partial charge < -0.3 is 0 Å². The summed E-state index contributed by atoms with van der Waals surface area (Å²) in [6, 6.07) is 7.19. The van der Waals surface area contributed by atoms with Crippen LogP contribution >= 0.6 is 23.4 Å². The maximum Gasteiger partial charge on any atom is 0.266 e. The molecule has 1 aliphatic heterocycles. The van der Waals surface area contributed by atoms with E-state index in [1.54, 1.807) is 37.8 Å². The molecule has 22 heavy (non-hydrogen) atoms. The second-order valence-corrected chi connectivity index (χ2v) is 5.83. The molecule has 2 aromatic rings. The van der Waals surface area contributed by atoms with Crippen molar-refractivity contribution in [2.24, 2.45) is 4.99 Å². The summed E-state index contributed by atoms with van der Waals surface area (Å²) in [6.45, 7) is 0. The van der Waals surface area contributed by atoms with Crippen molar-refractivity contribution in [2.75, 3.05) is 7.05 Å². The van der Waals surface area contributed by atoms with E-state index in [-0.39, 0.29) is 5.91 Å². The van der Waals surface area contributed by atoms with Crippen LogP contribution in [0.15, 0.2) is 52.8 Å². The fourth-order valence-corrected chi connectivity index (χ4v) is 2.97. The minimum absolute atomic E-state index is 0.0967. The Labute approximate surface area is 136 Å². The molecule has 0 bridgehead atoms. The van der Waals surface area contributed by atoms with Crippen molar-refractivity contribution in [3.63, 3.8) is 0 Å². The van der Waals surface area contributed by atoms with Crippen molar-refractivity contribution in [1.82, 2.24) is 14.9 Å². The number of amidine groups is 1. The van der Waals surface area contributed by atoms with Gasteiger partial charge in [0.25, 0.3) is 5.91 Å². The molecule has 1 saturated heterocycles. The lowest BCUT2D eigenvalue weighted by Gasteiger charge is -2.07. The molecule has 5 nitrogen and oxygen atoms in total. The number of rotatable bonds is 2. The highest BCUT2D eigenvalue weighted by Gasteiger charge is 2.30. The first-order valence-corrected chi connectivity index (χ1v) is 7.61. The van der Waals surface area contributed by atoms with Gasteiger partial charge in [0.05, 0.1) is 4.91 Å². The van der Waals surface area contributed by atoms with Crippen LogP contribution < -0.4 is 0 Å². The monoisotopic (exact) mass is 330 g/mol. The van der Waals surface area contributed by atoms with Crippen molar-refractivity contribution in [1.29, 1.82) is 0 Å². The summed E-state index contributed by atoms with van der Waals surface area (Å²) in [6.07, 6.45) is 6.78. The molecule has 1 aliphatic rings. The molecule has 1 fully saturated rings. The number of thioether (sulfide) groups is 1. The Morgan fingerprint density at radius 3 is 2.77 bits per heavy atom. The Morgan fingerprint density at radius 1 is 1.27 bits per heavy atom. The number of amides is 1. The van der Waals surface area contributed by atoms with E-state index in [9.17, 15) is 4.79 Å². The highest BCUT2D eigenvalue weighted by molar-refractivity contribution is 8.18. The summed E-state index contributed by atoms with van der Waals surface area (Å²) in [5, 5.41) is 0.878. The molecule has 2 aromatic heterocycles. The number of hydrogen-bond acceptors (Lipinski definition) is 5. The van der Waals surface area contributed by atoms with Crippen molar-refractivity contribution in [2.45, 2.75) is 0 Å². The quantitative estimate of drug-likeness (QED) is 0.625. The van der Waals surface area contributed by atoms with E-state index >= 15 is 0 Å². The molecule has 3 rings (SSSR count). The van der Waals surface area contributed by atoms with Gasteiger partial charge >= 0.3 is 0 Å². The molecule has 0 unspecified atom stereocenters. The summed E-state index contributed by atoms with van der Waals surface area (Å²) in [5.74, 6) is -0.0967. The largest absolute Gasteiger partial charge is 0.290 e. The third-order valence-corrected chi connectivity index (χ3v) is 4.31. The Balaban J connectivity index is 1.92. The second kappa shape index (κ2) is 6.29. The molecule has 0 spiro atoms. The van der Waals surface area contributed by atoms with E-state index in [1.807, 2.05) is 18.2 Å². The first kappa shape index (κ1) is 14.7. The van der Waals surface area contributed by atoms with E-state index in [1.165, 1.54) is 16.7 Å². The van der Waals surface area contributed by atoms with Crippen LogP contribution in [-0.4, -0.2) is 33.0 Å². The summed E-state index contributed by atoms with van der Waals surface area (Å²) in [5.41, 5.74) is 1.45. The van der Waals surface area contributed by atoms with Gasteiger partial charge in [-0.05, 0) is 47.7 Å². The topological polar surface area (TPSA) is 58.5 Å². The number of hydrogen-bond donors (Lipinski definition) is 0. The normalized spacial score (nSPS) is 18.5. The van der Waals surface area contributed by atoms with E-state index in [2.05, 4.69) is 15.0 Å². The van der Waals surface area contributed by atoms with Crippen LogP contribution in [0.3, 0.4) is 0 Å². The number of likely N-dealkylation sites (N-methyl/N-ethyl adjacent to an activating group) is 1. The molecule has 3 heterocycles. The van der Waals surface area contributed by atoms with Crippen molar-refractivity contribution < 1.29 is 4.79 Å². The van der Waals surface area contributed by atoms with Gasteiger partial charge in [0, 0.05) is 25.6 Å². The summed E-state index contributed by atoms with van der Waals surface area (Å²) in [7, 11) is 1.69. The number of carbonyl (C=O) groups excluding carboxylic acids is 1. The Kier molecular flexibility index (Phi) is 4.22. The van der Waals surface area contributed by atoms with Crippen LogP contribution in [0, 0.1) is 0 Å². The van der Waals surface area contributed by atoms with Crippen LogP contribution in [-0.2, 0) is 4.79 Å². The number of aromatic nitrogens is 2. The number of nitrogens with zero attached hydrogens (tertiary/aromatic N) is 4. The molecule has 0 N–H and O–H groups in total. The molecule has 0 aliphatic carbocycles. The zero-order valence-electron chi connectivity index (χ0n) is 11.6. The first-order valence-electron chi connectivity index (χ1n) is 6.42. The van der Waals surface area contributed by atoms with Gasteiger partial charge in [0.1, 0.15) is 5.69 Å². The van der Waals surface area contributed by atoms with Crippen molar-refractivity contribution in [3.05, 3.63) is 58.5 Å². The zero-order chi connectivity index (χ0) is 15.5. The number of carbonyl (C=O) groups is 1. The first-order chi connectivity index (χ1) is 10.6. The lowest BCUT2D eigenvalue weighted by molar-refractivity contribution is -0.121. The van der Waals surface area contributed by atoms with Gasteiger partial charge in [-0.3, -0.25) is 14.7 Å². The van der Waals surface area contributed by atoms with Crippen LogP contribution in [0.5, 0.6) is 0 Å². The van der Waals surface area contributed by atoms with Gasteiger partial charge in [-0.25, -0.2) is 9.98 Å². The molecule has 1 amide bonds. The predicted molar refractivity (Wildman–Crippen MR) is 88.9 cm³/mol. The van der Waals surface area contributed by atoms with E-state index in [4.69, 9.17) is 11.6 Å². The highest BCUT2D eigenvalue weighted by atomic mass is 35.5. The van der Waals surface area contributed by atoms with Gasteiger partial charge in [-0.15, -0.1) is 0 Å². The maximum atomic E-state index is 12.3. The minimum Gasteiger partial charge on any atom is -0.290 e. The number of pyridine rings is 2. The summed E-state index contributed by atoms with van der Waals surface area (Å²) in [4.78, 5) is 26.7. The maximum absolute atomic E-state index is 12.3. The Bertz CT molecular complexity index is 776. The van der Waals surface area contributed by atoms with Crippen LogP contribution in [0.4, 0.5) is 5.69 Å². The Morgan fingerprint density at radius 2 is 2.05 bits per heavy atom. The van der Waals surface area contributed by atoms with E-state index in [0.29, 0.717) is 20.9 Å². The molecule has 0 radical (unpaired) electrons. The molecule has 7 heteroatoms. The van der Waals surface area contributed by atoms with E-state index < -0.39 is 0 Å². The smallest absolute Gasteiger partial charge is 0.266 e. The fourth-order valence-electron chi connectivity index (χ4n) is 1.83. The highest BCUT2D eigenvalue weighted by Crippen LogP contribution is 2.34. The average Bonchev–Trinajstić information content (AvgIpc) is 2.79. The second-order valence-electron chi connectivity index (χ2n) is 4.46. The number of halogens is 1. The van der Waals surface area contributed by atoms with Gasteiger partial charge in [0.15, 0.2) is 10.3 Å². The Hall–Kier alpha value is -2.18.